The Labute approximate surface area is 160 Å². The van der Waals surface area contributed by atoms with E-state index in [4.69, 9.17) is 10.1 Å². The molecule has 1 atom stereocenters. The van der Waals surface area contributed by atoms with Crippen LogP contribution in [0.3, 0.4) is 0 Å². The van der Waals surface area contributed by atoms with E-state index in [1.807, 2.05) is 55.8 Å². The van der Waals surface area contributed by atoms with E-state index < -0.39 is 0 Å². The topological polar surface area (TPSA) is 59.8 Å². The summed E-state index contributed by atoms with van der Waals surface area (Å²) in [7, 11) is 0. The summed E-state index contributed by atoms with van der Waals surface area (Å²) in [5.74, 6) is 0.0972. The highest BCUT2D eigenvalue weighted by Gasteiger charge is 2.18. The van der Waals surface area contributed by atoms with Crippen molar-refractivity contribution in [2.45, 2.75) is 59.9 Å². The monoisotopic (exact) mass is 364 g/mol. The number of carbonyl (C=O) groups excluding carboxylic acids is 1. The number of para-hydroxylation sites is 1. The number of amides is 1. The standard InChI is InChI=1S/C22H28N4O/c1-6-14(2)23-20(27)13-12-19-15(3)21-17(5)25-26(22(21)24-16(19)4)18-10-8-7-9-11-18/h7-11,14H,6,12-13H2,1-5H3,(H,23,27)/t14-/m0/s1. The molecule has 1 aromatic carbocycles. The van der Waals surface area contributed by atoms with Crippen molar-refractivity contribution in [2.24, 2.45) is 0 Å². The lowest BCUT2D eigenvalue weighted by molar-refractivity contribution is -0.121. The molecule has 0 aliphatic carbocycles. The molecule has 0 fully saturated rings. The van der Waals surface area contributed by atoms with E-state index in [1.165, 1.54) is 5.56 Å². The lowest BCUT2D eigenvalue weighted by Crippen LogP contribution is -2.32. The summed E-state index contributed by atoms with van der Waals surface area (Å²) in [6.07, 6.45) is 2.11. The van der Waals surface area contributed by atoms with E-state index in [1.54, 1.807) is 0 Å². The number of fused-ring (bicyclic) bond motifs is 1. The molecule has 3 aromatic rings. The average Bonchev–Trinajstić information content (AvgIpc) is 2.98. The minimum atomic E-state index is 0.0972. The Morgan fingerprint density at radius 2 is 1.85 bits per heavy atom. The third kappa shape index (κ3) is 3.87. The highest BCUT2D eigenvalue weighted by atomic mass is 16.1. The second-order valence-electron chi connectivity index (χ2n) is 7.21. The van der Waals surface area contributed by atoms with Crippen LogP contribution >= 0.6 is 0 Å². The average molecular weight is 364 g/mol. The maximum absolute atomic E-state index is 12.2. The van der Waals surface area contributed by atoms with Crippen LogP contribution in [0.5, 0.6) is 0 Å². The van der Waals surface area contributed by atoms with Gasteiger partial charge in [-0.15, -0.1) is 0 Å². The molecule has 0 radical (unpaired) electrons. The molecule has 142 valence electrons. The molecule has 0 saturated carbocycles. The molecule has 0 spiro atoms. The van der Waals surface area contributed by atoms with Crippen LogP contribution < -0.4 is 5.32 Å². The van der Waals surface area contributed by atoms with Gasteiger partial charge in [0.05, 0.1) is 11.4 Å². The van der Waals surface area contributed by atoms with E-state index in [9.17, 15) is 4.79 Å². The van der Waals surface area contributed by atoms with Gasteiger partial charge in [-0.05, 0) is 63.8 Å². The van der Waals surface area contributed by atoms with Crippen molar-refractivity contribution < 1.29 is 4.79 Å². The maximum atomic E-state index is 12.2. The minimum Gasteiger partial charge on any atom is -0.354 e. The van der Waals surface area contributed by atoms with Gasteiger partial charge in [0.25, 0.3) is 0 Å². The largest absolute Gasteiger partial charge is 0.354 e. The van der Waals surface area contributed by atoms with E-state index in [0.717, 1.165) is 40.1 Å². The van der Waals surface area contributed by atoms with Crippen LogP contribution in [-0.2, 0) is 11.2 Å². The minimum absolute atomic E-state index is 0.0972. The maximum Gasteiger partial charge on any atom is 0.220 e. The first-order chi connectivity index (χ1) is 12.9. The van der Waals surface area contributed by atoms with Crippen LogP contribution in [-0.4, -0.2) is 26.7 Å². The number of hydrogen-bond acceptors (Lipinski definition) is 3. The quantitative estimate of drug-likeness (QED) is 0.713. The fourth-order valence-corrected chi connectivity index (χ4v) is 3.51. The van der Waals surface area contributed by atoms with Gasteiger partial charge in [-0.3, -0.25) is 4.79 Å². The molecule has 2 aromatic heterocycles. The number of pyridine rings is 1. The van der Waals surface area contributed by atoms with Gasteiger partial charge in [0.1, 0.15) is 0 Å². The number of nitrogens with zero attached hydrogens (tertiary/aromatic N) is 3. The van der Waals surface area contributed by atoms with E-state index in [0.29, 0.717) is 12.8 Å². The summed E-state index contributed by atoms with van der Waals surface area (Å²) < 4.78 is 1.91. The highest BCUT2D eigenvalue weighted by molar-refractivity contribution is 5.85. The van der Waals surface area contributed by atoms with Crippen molar-refractivity contribution in [1.82, 2.24) is 20.1 Å². The van der Waals surface area contributed by atoms with Crippen LogP contribution in [0.2, 0.25) is 0 Å². The Bertz CT molecular complexity index is 960. The summed E-state index contributed by atoms with van der Waals surface area (Å²) >= 11 is 0. The van der Waals surface area contributed by atoms with Gasteiger partial charge in [-0.25, -0.2) is 9.67 Å². The molecule has 5 heteroatoms. The molecule has 0 saturated heterocycles. The van der Waals surface area contributed by atoms with Crippen molar-refractivity contribution in [3.63, 3.8) is 0 Å². The molecule has 0 bridgehead atoms. The van der Waals surface area contributed by atoms with Crippen molar-refractivity contribution in [3.8, 4) is 5.69 Å². The lowest BCUT2D eigenvalue weighted by atomic mass is 9.99. The lowest BCUT2D eigenvalue weighted by Gasteiger charge is -2.14. The van der Waals surface area contributed by atoms with Gasteiger partial charge < -0.3 is 5.32 Å². The Kier molecular flexibility index (Phi) is 5.59. The number of nitrogens with one attached hydrogen (secondary N) is 1. The Morgan fingerprint density at radius 3 is 2.52 bits per heavy atom. The number of aromatic nitrogens is 3. The molecule has 0 aliphatic heterocycles. The number of benzene rings is 1. The summed E-state index contributed by atoms with van der Waals surface area (Å²) in [4.78, 5) is 17.0. The summed E-state index contributed by atoms with van der Waals surface area (Å²) in [5.41, 5.74) is 6.13. The van der Waals surface area contributed by atoms with E-state index in [-0.39, 0.29) is 11.9 Å². The predicted molar refractivity (Wildman–Crippen MR) is 109 cm³/mol. The normalized spacial score (nSPS) is 12.3. The van der Waals surface area contributed by atoms with Crippen LogP contribution in [0.25, 0.3) is 16.7 Å². The van der Waals surface area contributed by atoms with Gasteiger partial charge in [0, 0.05) is 23.5 Å². The molecule has 5 nitrogen and oxygen atoms in total. The zero-order valence-electron chi connectivity index (χ0n) is 16.8. The number of rotatable bonds is 6. The molecule has 2 heterocycles. The predicted octanol–water partition coefficient (Wildman–Crippen LogP) is 4.19. The first-order valence-corrected chi connectivity index (χ1v) is 9.62. The van der Waals surface area contributed by atoms with Gasteiger partial charge in [-0.1, -0.05) is 25.1 Å². The molecule has 1 amide bonds. The summed E-state index contributed by atoms with van der Waals surface area (Å²) in [6.45, 7) is 10.3. The SMILES string of the molecule is CC[C@H](C)NC(=O)CCc1c(C)nc2c(c(C)nn2-c2ccccc2)c1C. The van der Waals surface area contributed by atoms with Crippen LogP contribution in [0.4, 0.5) is 0 Å². The van der Waals surface area contributed by atoms with Crippen molar-refractivity contribution in [3.05, 3.63) is 52.8 Å². The van der Waals surface area contributed by atoms with Gasteiger partial charge in [0.15, 0.2) is 5.65 Å². The summed E-state index contributed by atoms with van der Waals surface area (Å²) in [6, 6.07) is 10.3. The van der Waals surface area contributed by atoms with Crippen molar-refractivity contribution in [2.75, 3.05) is 0 Å². The molecule has 27 heavy (non-hydrogen) atoms. The second kappa shape index (κ2) is 7.91. The van der Waals surface area contributed by atoms with E-state index in [2.05, 4.69) is 19.2 Å². The van der Waals surface area contributed by atoms with Crippen molar-refractivity contribution in [1.29, 1.82) is 0 Å². The highest BCUT2D eigenvalue weighted by Crippen LogP contribution is 2.28. The smallest absolute Gasteiger partial charge is 0.220 e. The number of aryl methyl sites for hydroxylation is 3. The van der Waals surface area contributed by atoms with Crippen LogP contribution in [0, 0.1) is 20.8 Å². The molecule has 0 unspecified atom stereocenters. The zero-order chi connectivity index (χ0) is 19.6. The van der Waals surface area contributed by atoms with E-state index >= 15 is 0 Å². The molecule has 0 aliphatic rings. The first kappa shape index (κ1) is 19.1. The number of carbonyl (C=O) groups is 1. The third-order valence-electron chi connectivity index (χ3n) is 5.20. The summed E-state index contributed by atoms with van der Waals surface area (Å²) in [5, 5.41) is 8.85. The molecular weight excluding hydrogens is 336 g/mol. The van der Waals surface area contributed by atoms with Gasteiger partial charge >= 0.3 is 0 Å². The molecular formula is C22H28N4O. The Hall–Kier alpha value is -2.69. The third-order valence-corrected chi connectivity index (χ3v) is 5.20. The fraction of sp³-hybridized carbons (Fsp3) is 0.409. The Morgan fingerprint density at radius 1 is 1.15 bits per heavy atom. The first-order valence-electron chi connectivity index (χ1n) is 9.62. The molecule has 3 rings (SSSR count). The van der Waals surface area contributed by atoms with Crippen molar-refractivity contribution >= 4 is 16.9 Å². The van der Waals surface area contributed by atoms with Gasteiger partial charge in [0.2, 0.25) is 5.91 Å². The Balaban J connectivity index is 1.95. The second-order valence-corrected chi connectivity index (χ2v) is 7.21. The zero-order valence-corrected chi connectivity index (χ0v) is 16.8. The molecule has 1 N–H and O–H groups in total. The fourth-order valence-electron chi connectivity index (χ4n) is 3.51. The van der Waals surface area contributed by atoms with Crippen LogP contribution in [0.15, 0.2) is 30.3 Å². The van der Waals surface area contributed by atoms with Gasteiger partial charge in [-0.2, -0.15) is 5.10 Å². The number of hydrogen-bond donors (Lipinski definition) is 1. The van der Waals surface area contributed by atoms with Crippen LogP contribution in [0.1, 0.15) is 49.2 Å².